The van der Waals surface area contributed by atoms with Crippen LogP contribution in [0.15, 0.2) is 47.5 Å². The van der Waals surface area contributed by atoms with Gasteiger partial charge in [-0.05, 0) is 42.5 Å². The minimum absolute atomic E-state index is 0.0946. The van der Waals surface area contributed by atoms with Crippen LogP contribution in [0.4, 0.5) is 0 Å². The summed E-state index contributed by atoms with van der Waals surface area (Å²) in [5.74, 6) is 0.266. The number of esters is 1. The number of rotatable bonds is 4. The molecule has 1 aliphatic rings. The SMILES string of the molecule is COC(=O)C1(Oc2ccc(O)cc2)CSC(c2nc3ccc(O)cc3s2)=N1. The first-order valence-corrected chi connectivity index (χ1v) is 9.68. The summed E-state index contributed by atoms with van der Waals surface area (Å²) in [6.45, 7) is 0. The Morgan fingerprint density at radius 2 is 1.89 bits per heavy atom. The lowest BCUT2D eigenvalue weighted by atomic mass is 10.2. The molecule has 1 atom stereocenters. The van der Waals surface area contributed by atoms with Crippen molar-refractivity contribution in [3.05, 3.63) is 47.5 Å². The Hall–Kier alpha value is -2.78. The largest absolute Gasteiger partial charge is 0.508 e. The third kappa shape index (κ3) is 3.31. The monoisotopic (exact) mass is 402 g/mol. The predicted octanol–water partition coefficient (Wildman–Crippen LogP) is 3.15. The van der Waals surface area contributed by atoms with Crippen molar-refractivity contribution in [2.24, 2.45) is 4.99 Å². The topological polar surface area (TPSA) is 101 Å². The van der Waals surface area contributed by atoms with Crippen LogP contribution in [0.25, 0.3) is 10.2 Å². The number of aromatic nitrogens is 1. The molecule has 0 saturated carbocycles. The summed E-state index contributed by atoms with van der Waals surface area (Å²) in [5, 5.41) is 20.2. The molecular formula is C18H14N2O5S2. The summed E-state index contributed by atoms with van der Waals surface area (Å²) in [4.78, 5) is 21.5. The van der Waals surface area contributed by atoms with Gasteiger partial charge in [0.1, 0.15) is 27.3 Å². The number of methoxy groups -OCH3 is 1. The van der Waals surface area contributed by atoms with Crippen molar-refractivity contribution in [1.82, 2.24) is 4.98 Å². The maximum absolute atomic E-state index is 12.4. The Bertz CT molecular complexity index is 1050. The summed E-state index contributed by atoms with van der Waals surface area (Å²) < 4.78 is 11.6. The van der Waals surface area contributed by atoms with Crippen molar-refractivity contribution in [3.8, 4) is 17.2 Å². The van der Waals surface area contributed by atoms with E-state index in [0.29, 0.717) is 15.8 Å². The number of fused-ring (bicyclic) bond motifs is 1. The van der Waals surface area contributed by atoms with Gasteiger partial charge in [-0.3, -0.25) is 0 Å². The quantitative estimate of drug-likeness (QED) is 0.647. The molecule has 27 heavy (non-hydrogen) atoms. The number of carbonyl (C=O) groups excluding carboxylic acids is 1. The Morgan fingerprint density at radius 3 is 2.63 bits per heavy atom. The first-order valence-electron chi connectivity index (χ1n) is 7.88. The van der Waals surface area contributed by atoms with Gasteiger partial charge in [0.2, 0.25) is 0 Å². The number of carbonyl (C=O) groups is 1. The van der Waals surface area contributed by atoms with Crippen molar-refractivity contribution >= 4 is 44.3 Å². The molecule has 0 amide bonds. The van der Waals surface area contributed by atoms with Crippen molar-refractivity contribution < 1.29 is 24.5 Å². The number of nitrogens with zero attached hydrogens (tertiary/aromatic N) is 2. The predicted molar refractivity (Wildman–Crippen MR) is 104 cm³/mol. The van der Waals surface area contributed by atoms with Crippen LogP contribution in [0.3, 0.4) is 0 Å². The fraction of sp³-hybridized carbons (Fsp3) is 0.167. The van der Waals surface area contributed by atoms with Crippen LogP contribution in [0.5, 0.6) is 17.2 Å². The molecule has 0 bridgehead atoms. The van der Waals surface area contributed by atoms with Crippen LogP contribution in [0.1, 0.15) is 5.01 Å². The Balaban J connectivity index is 1.71. The van der Waals surface area contributed by atoms with Crippen LogP contribution in [0, 0.1) is 0 Å². The smallest absolute Gasteiger partial charge is 0.375 e. The minimum Gasteiger partial charge on any atom is -0.508 e. The fourth-order valence-electron chi connectivity index (χ4n) is 2.58. The zero-order valence-corrected chi connectivity index (χ0v) is 15.7. The van der Waals surface area contributed by atoms with Gasteiger partial charge in [0.05, 0.1) is 23.1 Å². The minimum atomic E-state index is -1.52. The highest BCUT2D eigenvalue weighted by Crippen LogP contribution is 2.37. The van der Waals surface area contributed by atoms with Gasteiger partial charge in [-0.15, -0.1) is 11.3 Å². The van der Waals surface area contributed by atoms with Gasteiger partial charge >= 0.3 is 11.7 Å². The van der Waals surface area contributed by atoms with Crippen molar-refractivity contribution in [1.29, 1.82) is 0 Å². The molecule has 0 saturated heterocycles. The number of hydrogen-bond acceptors (Lipinski definition) is 9. The normalized spacial score (nSPS) is 19.1. The highest BCUT2D eigenvalue weighted by atomic mass is 32.2. The molecule has 0 radical (unpaired) electrons. The number of phenols is 2. The zero-order valence-electron chi connectivity index (χ0n) is 14.1. The molecule has 9 heteroatoms. The van der Waals surface area contributed by atoms with Crippen LogP contribution in [-0.2, 0) is 9.53 Å². The summed E-state index contributed by atoms with van der Waals surface area (Å²) in [5.41, 5.74) is -0.780. The van der Waals surface area contributed by atoms with E-state index in [1.54, 1.807) is 30.3 Å². The van der Waals surface area contributed by atoms with E-state index in [1.807, 2.05) is 0 Å². The van der Waals surface area contributed by atoms with E-state index in [0.717, 1.165) is 10.2 Å². The molecule has 1 aliphatic heterocycles. The van der Waals surface area contributed by atoms with Gasteiger partial charge < -0.3 is 19.7 Å². The molecule has 3 aromatic rings. The van der Waals surface area contributed by atoms with Gasteiger partial charge in [-0.25, -0.2) is 14.8 Å². The first-order chi connectivity index (χ1) is 13.0. The van der Waals surface area contributed by atoms with Crippen LogP contribution in [-0.4, -0.2) is 44.8 Å². The zero-order chi connectivity index (χ0) is 19.0. The molecule has 2 N–H and O–H groups in total. The third-order valence-corrected chi connectivity index (χ3v) is 6.12. The summed E-state index contributed by atoms with van der Waals surface area (Å²) in [7, 11) is 1.28. The molecule has 138 valence electrons. The number of thioether (sulfide) groups is 1. The molecule has 0 fully saturated rings. The number of hydrogen-bond donors (Lipinski definition) is 2. The molecule has 1 aromatic heterocycles. The summed E-state index contributed by atoms with van der Waals surface area (Å²) >= 11 is 2.72. The number of ether oxygens (including phenoxy) is 2. The van der Waals surface area contributed by atoms with Crippen molar-refractivity contribution in [2.75, 3.05) is 12.9 Å². The molecule has 4 rings (SSSR count). The van der Waals surface area contributed by atoms with E-state index in [4.69, 9.17) is 9.47 Å². The maximum atomic E-state index is 12.4. The van der Waals surface area contributed by atoms with Gasteiger partial charge in [-0.1, -0.05) is 11.8 Å². The second-order valence-corrected chi connectivity index (χ2v) is 7.74. The van der Waals surface area contributed by atoms with E-state index in [9.17, 15) is 15.0 Å². The van der Waals surface area contributed by atoms with E-state index < -0.39 is 11.7 Å². The van der Waals surface area contributed by atoms with Gasteiger partial charge in [0.25, 0.3) is 0 Å². The van der Waals surface area contributed by atoms with Crippen molar-refractivity contribution in [3.63, 3.8) is 0 Å². The lowest BCUT2D eigenvalue weighted by Gasteiger charge is -2.23. The molecule has 0 spiro atoms. The van der Waals surface area contributed by atoms with Gasteiger partial charge in [-0.2, -0.15) is 0 Å². The average Bonchev–Trinajstić information content (AvgIpc) is 3.27. The average molecular weight is 402 g/mol. The Kier molecular flexibility index (Phi) is 4.40. The van der Waals surface area contributed by atoms with Crippen LogP contribution < -0.4 is 4.74 Å². The van der Waals surface area contributed by atoms with E-state index in [-0.39, 0.29) is 17.3 Å². The lowest BCUT2D eigenvalue weighted by molar-refractivity contribution is -0.156. The Labute approximate surface area is 162 Å². The lowest BCUT2D eigenvalue weighted by Crippen LogP contribution is -2.44. The number of aromatic hydroxyl groups is 2. The summed E-state index contributed by atoms with van der Waals surface area (Å²) in [6, 6.07) is 11.0. The van der Waals surface area contributed by atoms with Crippen LogP contribution >= 0.6 is 23.1 Å². The second-order valence-electron chi connectivity index (χ2n) is 5.75. The molecule has 2 aromatic carbocycles. The van der Waals surface area contributed by atoms with E-state index >= 15 is 0 Å². The number of phenolic OH excluding ortho intramolecular Hbond substituents is 2. The highest BCUT2D eigenvalue weighted by Gasteiger charge is 2.47. The maximum Gasteiger partial charge on any atom is 0.375 e. The second kappa shape index (κ2) is 6.75. The van der Waals surface area contributed by atoms with Gasteiger partial charge in [0.15, 0.2) is 0 Å². The number of aliphatic imine (C=N–C) groups is 1. The molecule has 2 heterocycles. The van der Waals surface area contributed by atoms with E-state index in [2.05, 4.69) is 9.98 Å². The van der Waals surface area contributed by atoms with Gasteiger partial charge in [0, 0.05) is 0 Å². The molecule has 7 nitrogen and oxygen atoms in total. The van der Waals surface area contributed by atoms with E-state index in [1.165, 1.54) is 42.3 Å². The first kappa shape index (κ1) is 17.6. The summed E-state index contributed by atoms with van der Waals surface area (Å²) in [6.07, 6.45) is 0. The molecular weight excluding hydrogens is 388 g/mol. The van der Waals surface area contributed by atoms with Crippen molar-refractivity contribution in [2.45, 2.75) is 5.72 Å². The standard InChI is InChI=1S/C18H14N2O5S2/c1-24-17(23)18(25-12-5-2-10(21)3-6-12)9-26-16(20-18)15-19-13-7-4-11(22)8-14(13)27-15/h2-8,21-22H,9H2,1H3. The third-order valence-electron chi connectivity index (χ3n) is 3.87. The Morgan fingerprint density at radius 1 is 1.15 bits per heavy atom. The fourth-order valence-corrected chi connectivity index (χ4v) is 4.72. The molecule has 0 aliphatic carbocycles. The molecule has 1 unspecified atom stereocenters. The number of thiazole rings is 1. The van der Waals surface area contributed by atoms with Crippen LogP contribution in [0.2, 0.25) is 0 Å². The highest BCUT2D eigenvalue weighted by molar-refractivity contribution is 8.15. The number of benzene rings is 2.